The number of carbonyl (C=O) groups excluding carboxylic acids is 2. The van der Waals surface area contributed by atoms with Gasteiger partial charge in [0.1, 0.15) is 11.5 Å². The van der Waals surface area contributed by atoms with Crippen molar-refractivity contribution in [2.75, 3.05) is 11.1 Å². The van der Waals surface area contributed by atoms with Gasteiger partial charge in [0.15, 0.2) is 0 Å². The number of rotatable bonds is 9. The largest absolute Gasteiger partial charge is 0.417 e. The van der Waals surface area contributed by atoms with Gasteiger partial charge in [0.05, 0.1) is 19.6 Å². The smallest absolute Gasteiger partial charge is 0.414 e. The molecule has 0 spiro atoms. The number of hydrogen-bond acceptors (Lipinski definition) is 13. The topological polar surface area (TPSA) is 269 Å². The first-order valence-corrected chi connectivity index (χ1v) is 20.8. The molecule has 18 nitrogen and oxygen atoms in total. The first kappa shape index (κ1) is 48.4. The molecule has 57 heavy (non-hydrogen) atoms. The van der Waals surface area contributed by atoms with E-state index in [0.29, 0.717) is 14.6 Å². The Morgan fingerprint density at radius 3 is 1.44 bits per heavy atom. The summed E-state index contributed by atoms with van der Waals surface area (Å²) in [6.07, 6.45) is -0.872. The number of nitrogen functional groups attached to an aromatic ring is 1. The summed E-state index contributed by atoms with van der Waals surface area (Å²) in [6.45, 7) is 10.5. The van der Waals surface area contributed by atoms with E-state index in [-0.39, 0.29) is 38.4 Å². The highest BCUT2D eigenvalue weighted by Gasteiger charge is 2.26. The molecular formula is C34H37Br2ClN6O12S2. The van der Waals surface area contributed by atoms with Gasteiger partial charge in [0.2, 0.25) is 20.0 Å². The Kier molecular flexibility index (Phi) is 17.1. The molecule has 0 saturated heterocycles. The molecule has 0 saturated carbocycles. The SMILES string of the molecule is CC(C)(C)NS(=O)(=O)c1cc(N)ccc1Br.CC(C)(C)NS(=O)(=O)c1cc(NC(=O)Oc2ccc([N+](=O)[O-])cc2)ccc1Br.O=C(Cl)Oc1ccc([N+](=O)[O-])cc1. The summed E-state index contributed by atoms with van der Waals surface area (Å²) in [4.78, 5) is 42.1. The standard InChI is InChI=1S/C17H18BrN3O6S.C10H15BrN2O2S.C7H4ClNO4/c1-17(2,3)20-28(25,26)15-10-11(4-9-14(15)18)19-16(22)27-13-7-5-12(6-8-13)21(23)24;1-10(2,3)13-16(14,15)9-6-7(12)4-5-8(9)11;8-7(10)13-6-3-1-5(2-4-6)9(11)12/h4-10,20H,1-3H3,(H,19,22);4-6,13H,12H2,1-3H3;1-4H. The number of nitro groups is 2. The van der Waals surface area contributed by atoms with Crippen molar-refractivity contribution in [1.82, 2.24) is 9.44 Å². The maximum atomic E-state index is 12.5. The Labute approximate surface area is 350 Å². The van der Waals surface area contributed by atoms with Crippen molar-refractivity contribution in [3.63, 3.8) is 0 Å². The van der Waals surface area contributed by atoms with Crippen molar-refractivity contribution < 1.29 is 45.7 Å². The van der Waals surface area contributed by atoms with Gasteiger partial charge in [-0.05, 0) is 134 Å². The first-order chi connectivity index (χ1) is 26.1. The molecule has 0 aliphatic rings. The number of hydrogen-bond donors (Lipinski definition) is 4. The fourth-order valence-corrected chi connectivity index (χ4v) is 8.96. The number of nitrogens with one attached hydrogen (secondary N) is 3. The van der Waals surface area contributed by atoms with Crippen LogP contribution in [-0.4, -0.2) is 49.3 Å². The van der Waals surface area contributed by atoms with Crippen LogP contribution in [0.4, 0.5) is 32.3 Å². The summed E-state index contributed by atoms with van der Waals surface area (Å²) in [5.41, 5.74) is 3.79. The Morgan fingerprint density at radius 1 is 0.667 bits per heavy atom. The lowest BCUT2D eigenvalue weighted by Crippen LogP contribution is -2.40. The third kappa shape index (κ3) is 17.1. The number of nitrogens with zero attached hydrogens (tertiary/aromatic N) is 2. The summed E-state index contributed by atoms with van der Waals surface area (Å²) in [6, 6.07) is 18.9. The van der Waals surface area contributed by atoms with Gasteiger partial charge in [0.25, 0.3) is 11.4 Å². The van der Waals surface area contributed by atoms with Crippen LogP contribution in [0.2, 0.25) is 0 Å². The van der Waals surface area contributed by atoms with Crippen LogP contribution in [0.5, 0.6) is 11.5 Å². The molecule has 4 aromatic carbocycles. The van der Waals surface area contributed by atoms with Gasteiger partial charge < -0.3 is 15.2 Å². The second-order valence-electron chi connectivity index (χ2n) is 13.4. The molecule has 23 heteroatoms. The van der Waals surface area contributed by atoms with Crippen LogP contribution in [0, 0.1) is 20.2 Å². The van der Waals surface area contributed by atoms with Gasteiger partial charge >= 0.3 is 11.5 Å². The molecule has 0 heterocycles. The van der Waals surface area contributed by atoms with Gasteiger partial charge in [-0.3, -0.25) is 25.5 Å². The van der Waals surface area contributed by atoms with E-state index in [9.17, 15) is 46.7 Å². The fourth-order valence-electron chi connectivity index (χ4n) is 4.04. The van der Waals surface area contributed by atoms with E-state index in [1.54, 1.807) is 53.7 Å². The number of benzene rings is 4. The second kappa shape index (κ2) is 20.1. The third-order valence-corrected chi connectivity index (χ3v) is 11.7. The Hall–Kier alpha value is -4.71. The Bertz CT molecular complexity index is 2320. The highest BCUT2D eigenvalue weighted by Crippen LogP contribution is 2.28. The zero-order valence-electron chi connectivity index (χ0n) is 30.9. The van der Waals surface area contributed by atoms with Crippen LogP contribution < -0.4 is 30.0 Å². The van der Waals surface area contributed by atoms with E-state index in [4.69, 9.17) is 22.1 Å². The molecule has 0 aliphatic carbocycles. The van der Waals surface area contributed by atoms with E-state index in [1.807, 2.05) is 0 Å². The normalized spacial score (nSPS) is 11.5. The minimum Gasteiger partial charge on any atom is -0.414 e. The van der Waals surface area contributed by atoms with Crippen molar-refractivity contribution in [3.8, 4) is 11.5 Å². The second-order valence-corrected chi connectivity index (χ2v) is 18.7. The van der Waals surface area contributed by atoms with Crippen LogP contribution >= 0.6 is 43.5 Å². The summed E-state index contributed by atoms with van der Waals surface area (Å²) in [5.74, 6) is 0.271. The molecule has 0 bridgehead atoms. The van der Waals surface area contributed by atoms with Crippen LogP contribution in [0.1, 0.15) is 41.5 Å². The van der Waals surface area contributed by atoms with Gasteiger partial charge in [-0.15, -0.1) is 0 Å². The van der Waals surface area contributed by atoms with Gasteiger partial charge in [0, 0.05) is 67.3 Å². The zero-order valence-corrected chi connectivity index (χ0v) is 36.5. The molecule has 0 aliphatic heterocycles. The Morgan fingerprint density at radius 2 is 1.05 bits per heavy atom. The fraction of sp³-hybridized carbons (Fsp3) is 0.235. The predicted octanol–water partition coefficient (Wildman–Crippen LogP) is 8.49. The van der Waals surface area contributed by atoms with Crippen LogP contribution in [0.25, 0.3) is 0 Å². The number of nitrogens with two attached hydrogens (primary N) is 1. The molecule has 0 atom stereocenters. The summed E-state index contributed by atoms with van der Waals surface area (Å²) >= 11 is 11.3. The molecule has 4 rings (SSSR count). The van der Waals surface area contributed by atoms with E-state index < -0.39 is 52.5 Å². The highest BCUT2D eigenvalue weighted by molar-refractivity contribution is 9.10. The van der Waals surface area contributed by atoms with E-state index >= 15 is 0 Å². The van der Waals surface area contributed by atoms with E-state index in [0.717, 1.165) is 0 Å². The van der Waals surface area contributed by atoms with Crippen molar-refractivity contribution in [2.24, 2.45) is 0 Å². The molecule has 308 valence electrons. The van der Waals surface area contributed by atoms with Gasteiger partial charge in [-0.25, -0.2) is 35.9 Å². The van der Waals surface area contributed by atoms with Gasteiger partial charge in [-0.2, -0.15) is 0 Å². The first-order valence-electron chi connectivity index (χ1n) is 15.9. The number of sulfonamides is 2. The minimum absolute atomic E-state index is 0.0458. The molecule has 1 amide bonds. The zero-order chi connectivity index (χ0) is 43.5. The third-order valence-electron chi connectivity index (χ3n) is 6.10. The number of nitro benzene ring substituents is 2. The minimum atomic E-state index is -3.83. The predicted molar refractivity (Wildman–Crippen MR) is 221 cm³/mol. The van der Waals surface area contributed by atoms with Gasteiger partial charge in [-0.1, -0.05) is 0 Å². The van der Waals surface area contributed by atoms with Crippen LogP contribution in [0.3, 0.4) is 0 Å². The quantitative estimate of drug-likeness (QED) is 0.0531. The lowest BCUT2D eigenvalue weighted by Gasteiger charge is -2.21. The van der Waals surface area contributed by atoms with Crippen LogP contribution in [0.15, 0.2) is 104 Å². The molecule has 5 N–H and O–H groups in total. The number of anilines is 2. The number of ether oxygens (including phenoxy) is 2. The summed E-state index contributed by atoms with van der Waals surface area (Å²) in [7, 11) is -7.38. The molecule has 0 unspecified atom stereocenters. The molecule has 0 aromatic heterocycles. The number of carbonyl (C=O) groups is 2. The number of halogens is 3. The maximum Gasteiger partial charge on any atom is 0.417 e. The molecular weight excluding hydrogens is 944 g/mol. The van der Waals surface area contributed by atoms with E-state index in [2.05, 4.69) is 51.4 Å². The summed E-state index contributed by atoms with van der Waals surface area (Å²) < 4.78 is 64.6. The lowest BCUT2D eigenvalue weighted by atomic mass is 10.1. The van der Waals surface area contributed by atoms with Crippen molar-refractivity contribution in [2.45, 2.75) is 62.4 Å². The number of amides is 1. The highest BCUT2D eigenvalue weighted by atomic mass is 79.9. The van der Waals surface area contributed by atoms with Crippen LogP contribution in [-0.2, 0) is 20.0 Å². The molecule has 4 aromatic rings. The lowest BCUT2D eigenvalue weighted by molar-refractivity contribution is -0.385. The summed E-state index contributed by atoms with van der Waals surface area (Å²) in [5, 5.41) is 23.3. The van der Waals surface area contributed by atoms with E-state index in [1.165, 1.54) is 72.8 Å². The van der Waals surface area contributed by atoms with Crippen molar-refractivity contribution in [1.29, 1.82) is 0 Å². The Balaban J connectivity index is 0.000000326. The average Bonchev–Trinajstić information content (AvgIpc) is 3.05. The monoisotopic (exact) mass is 978 g/mol. The number of non-ortho nitro benzene ring substituents is 2. The average molecular weight is 981 g/mol. The molecule has 0 fully saturated rings. The van der Waals surface area contributed by atoms with Crippen molar-refractivity contribution >= 4 is 97.8 Å². The molecule has 0 radical (unpaired) electrons. The van der Waals surface area contributed by atoms with Crippen molar-refractivity contribution in [3.05, 3.63) is 114 Å². The maximum absolute atomic E-state index is 12.5.